The van der Waals surface area contributed by atoms with Crippen LogP contribution in [0.25, 0.3) is 0 Å². The Labute approximate surface area is 92.7 Å². The molecule has 1 heterocycles. The SMILES string of the molecule is O=C1CN(Cc2cccc(O)c2)S(=O)(=O)N1. The van der Waals surface area contributed by atoms with Gasteiger partial charge in [0.25, 0.3) is 0 Å². The highest BCUT2D eigenvalue weighted by Crippen LogP contribution is 2.16. The number of phenolic OH excluding ortho intramolecular Hbond substituents is 1. The van der Waals surface area contributed by atoms with E-state index in [1.54, 1.807) is 12.1 Å². The molecule has 2 rings (SSSR count). The number of hydrogen-bond acceptors (Lipinski definition) is 4. The number of aromatic hydroxyl groups is 1. The molecule has 0 radical (unpaired) electrons. The topological polar surface area (TPSA) is 86.7 Å². The number of carbonyl (C=O) groups is 1. The lowest BCUT2D eigenvalue weighted by Gasteiger charge is -2.11. The summed E-state index contributed by atoms with van der Waals surface area (Å²) in [6.45, 7) is -0.118. The number of nitrogens with one attached hydrogen (secondary N) is 1. The molecule has 1 aromatic carbocycles. The highest BCUT2D eigenvalue weighted by molar-refractivity contribution is 7.88. The van der Waals surface area contributed by atoms with E-state index in [-0.39, 0.29) is 18.8 Å². The maximum atomic E-state index is 11.4. The molecule has 6 nitrogen and oxygen atoms in total. The minimum absolute atomic E-state index is 0.0633. The summed E-state index contributed by atoms with van der Waals surface area (Å²) in [5.74, 6) is -0.478. The van der Waals surface area contributed by atoms with Gasteiger partial charge in [-0.05, 0) is 17.7 Å². The minimum atomic E-state index is -3.70. The second-order valence-corrected chi connectivity index (χ2v) is 5.14. The van der Waals surface area contributed by atoms with Gasteiger partial charge in [0, 0.05) is 6.54 Å². The van der Waals surface area contributed by atoms with E-state index in [2.05, 4.69) is 0 Å². The zero-order valence-corrected chi connectivity index (χ0v) is 9.07. The van der Waals surface area contributed by atoms with Gasteiger partial charge in [-0.15, -0.1) is 0 Å². The van der Waals surface area contributed by atoms with Crippen LogP contribution in [0.1, 0.15) is 5.56 Å². The van der Waals surface area contributed by atoms with Crippen LogP contribution < -0.4 is 4.72 Å². The fourth-order valence-corrected chi connectivity index (χ4v) is 2.57. The van der Waals surface area contributed by atoms with E-state index >= 15 is 0 Å². The molecule has 2 N–H and O–H groups in total. The summed E-state index contributed by atoms with van der Waals surface area (Å²) < 4.78 is 25.7. The molecular formula is C9H10N2O4S. The first-order valence-electron chi connectivity index (χ1n) is 4.56. The summed E-state index contributed by atoms with van der Waals surface area (Å²) in [6, 6.07) is 6.24. The van der Waals surface area contributed by atoms with Crippen molar-refractivity contribution in [2.75, 3.05) is 6.54 Å². The highest BCUT2D eigenvalue weighted by atomic mass is 32.2. The largest absolute Gasteiger partial charge is 0.508 e. The first-order valence-corrected chi connectivity index (χ1v) is 6.00. The summed E-state index contributed by atoms with van der Waals surface area (Å²) in [6.07, 6.45) is 0. The van der Waals surface area contributed by atoms with Gasteiger partial charge in [-0.25, -0.2) is 4.72 Å². The Morgan fingerprint density at radius 1 is 1.44 bits per heavy atom. The lowest BCUT2D eigenvalue weighted by Crippen LogP contribution is -2.29. The normalized spacial score (nSPS) is 19.6. The van der Waals surface area contributed by atoms with Crippen LogP contribution in [0.5, 0.6) is 5.75 Å². The van der Waals surface area contributed by atoms with Crippen LogP contribution in [0.3, 0.4) is 0 Å². The maximum Gasteiger partial charge on any atom is 0.304 e. The third kappa shape index (κ3) is 2.15. The molecule has 16 heavy (non-hydrogen) atoms. The van der Waals surface area contributed by atoms with Gasteiger partial charge in [0.15, 0.2) is 0 Å². The Hall–Kier alpha value is -1.60. The fraction of sp³-hybridized carbons (Fsp3) is 0.222. The van der Waals surface area contributed by atoms with Gasteiger partial charge >= 0.3 is 10.2 Å². The van der Waals surface area contributed by atoms with E-state index in [1.807, 2.05) is 4.72 Å². The Balaban J connectivity index is 2.20. The lowest BCUT2D eigenvalue weighted by atomic mass is 10.2. The van der Waals surface area contributed by atoms with Crippen molar-refractivity contribution in [3.05, 3.63) is 29.8 Å². The molecule has 1 amide bonds. The molecule has 0 bridgehead atoms. The van der Waals surface area contributed by atoms with E-state index in [1.165, 1.54) is 12.1 Å². The Bertz CT molecular complexity index is 526. The molecule has 0 saturated carbocycles. The molecule has 0 unspecified atom stereocenters. The first-order chi connectivity index (χ1) is 7.47. The van der Waals surface area contributed by atoms with Crippen LogP contribution in [0.2, 0.25) is 0 Å². The van der Waals surface area contributed by atoms with E-state index < -0.39 is 16.1 Å². The molecule has 0 aromatic heterocycles. The number of benzene rings is 1. The second kappa shape index (κ2) is 3.76. The van der Waals surface area contributed by atoms with E-state index in [0.717, 1.165) is 4.31 Å². The molecule has 1 aliphatic heterocycles. The van der Waals surface area contributed by atoms with Crippen LogP contribution in [0, 0.1) is 0 Å². The number of rotatable bonds is 2. The first kappa shape index (κ1) is 10.9. The van der Waals surface area contributed by atoms with E-state index in [0.29, 0.717) is 5.56 Å². The number of phenols is 1. The van der Waals surface area contributed by atoms with Crippen molar-refractivity contribution < 1.29 is 18.3 Å². The summed E-state index contributed by atoms with van der Waals surface area (Å²) in [7, 11) is -3.70. The predicted octanol–water partition coefficient (Wildman–Crippen LogP) is -0.431. The molecule has 1 aliphatic rings. The molecule has 7 heteroatoms. The van der Waals surface area contributed by atoms with Gasteiger partial charge in [0.05, 0.1) is 6.54 Å². The third-order valence-corrected chi connectivity index (χ3v) is 3.60. The minimum Gasteiger partial charge on any atom is -0.508 e. The van der Waals surface area contributed by atoms with Crippen molar-refractivity contribution in [2.45, 2.75) is 6.54 Å². The molecule has 0 spiro atoms. The van der Waals surface area contributed by atoms with E-state index in [4.69, 9.17) is 0 Å². The monoisotopic (exact) mass is 242 g/mol. The molecule has 0 aliphatic carbocycles. The second-order valence-electron chi connectivity index (χ2n) is 3.47. The van der Waals surface area contributed by atoms with Crippen LogP contribution in [0.4, 0.5) is 0 Å². The Morgan fingerprint density at radius 2 is 2.19 bits per heavy atom. The number of amides is 1. The quantitative estimate of drug-likeness (QED) is 0.736. The summed E-state index contributed by atoms with van der Waals surface area (Å²) in [4.78, 5) is 10.9. The maximum absolute atomic E-state index is 11.4. The molecule has 1 saturated heterocycles. The Kier molecular flexibility index (Phi) is 2.56. The summed E-state index contributed by atoms with van der Waals surface area (Å²) in [5, 5.41) is 9.22. The van der Waals surface area contributed by atoms with Crippen LogP contribution in [-0.2, 0) is 21.5 Å². The molecule has 1 aromatic rings. The number of carbonyl (C=O) groups excluding carboxylic acids is 1. The van der Waals surface area contributed by atoms with Crippen LogP contribution in [-0.4, -0.2) is 30.3 Å². The smallest absolute Gasteiger partial charge is 0.304 e. The highest BCUT2D eigenvalue weighted by Gasteiger charge is 2.33. The Morgan fingerprint density at radius 3 is 2.75 bits per heavy atom. The molecule has 86 valence electrons. The number of nitrogens with zero attached hydrogens (tertiary/aromatic N) is 1. The molecular weight excluding hydrogens is 232 g/mol. The van der Waals surface area contributed by atoms with Crippen molar-refractivity contribution in [3.63, 3.8) is 0 Å². The van der Waals surface area contributed by atoms with Crippen molar-refractivity contribution in [2.24, 2.45) is 0 Å². The zero-order valence-electron chi connectivity index (χ0n) is 8.25. The molecule has 0 atom stereocenters. The molecule has 1 fully saturated rings. The summed E-state index contributed by atoms with van der Waals surface area (Å²) in [5.41, 5.74) is 0.625. The average Bonchev–Trinajstić information content (AvgIpc) is 2.39. The standard InChI is InChI=1S/C9H10N2O4S/c12-8-3-1-2-7(4-8)5-11-6-9(13)10-16(11,14)15/h1-4,12H,5-6H2,(H,10,13). The van der Waals surface area contributed by atoms with E-state index in [9.17, 15) is 18.3 Å². The van der Waals surface area contributed by atoms with Gasteiger partial charge in [0.1, 0.15) is 5.75 Å². The lowest BCUT2D eigenvalue weighted by molar-refractivity contribution is -0.118. The van der Waals surface area contributed by atoms with Crippen molar-refractivity contribution in [3.8, 4) is 5.75 Å². The zero-order chi connectivity index (χ0) is 11.8. The van der Waals surface area contributed by atoms with Crippen molar-refractivity contribution in [1.82, 2.24) is 9.03 Å². The van der Waals surface area contributed by atoms with Crippen molar-refractivity contribution >= 4 is 16.1 Å². The van der Waals surface area contributed by atoms with Gasteiger partial charge in [-0.2, -0.15) is 12.7 Å². The fourth-order valence-electron chi connectivity index (χ4n) is 1.49. The van der Waals surface area contributed by atoms with Crippen LogP contribution >= 0.6 is 0 Å². The summed E-state index contributed by atoms with van der Waals surface area (Å²) >= 11 is 0. The van der Waals surface area contributed by atoms with Gasteiger partial charge in [-0.3, -0.25) is 4.79 Å². The van der Waals surface area contributed by atoms with Crippen molar-refractivity contribution in [1.29, 1.82) is 0 Å². The van der Waals surface area contributed by atoms with Gasteiger partial charge in [0.2, 0.25) is 5.91 Å². The van der Waals surface area contributed by atoms with Gasteiger partial charge < -0.3 is 5.11 Å². The van der Waals surface area contributed by atoms with Gasteiger partial charge in [-0.1, -0.05) is 12.1 Å². The van der Waals surface area contributed by atoms with Crippen LogP contribution in [0.15, 0.2) is 24.3 Å². The predicted molar refractivity (Wildman–Crippen MR) is 55.6 cm³/mol. The number of hydrogen-bond donors (Lipinski definition) is 2. The third-order valence-electron chi connectivity index (χ3n) is 2.17. The average molecular weight is 242 g/mol.